The van der Waals surface area contributed by atoms with Crippen molar-refractivity contribution >= 4 is 11.8 Å². The molecule has 22 heavy (non-hydrogen) atoms. The van der Waals surface area contributed by atoms with Gasteiger partial charge >= 0.3 is 5.97 Å². The van der Waals surface area contributed by atoms with Crippen molar-refractivity contribution in [1.29, 1.82) is 0 Å². The number of esters is 1. The fraction of sp³-hybridized carbons (Fsp3) is 0.556. The average molecular weight is 304 g/mol. The Bertz CT molecular complexity index is 574. The van der Waals surface area contributed by atoms with Crippen LogP contribution in [0.2, 0.25) is 0 Å². The second-order valence-corrected chi connectivity index (χ2v) is 6.36. The molecule has 0 amide bonds. The lowest BCUT2D eigenvalue weighted by Crippen LogP contribution is -2.34. The molecule has 0 N–H and O–H groups in total. The number of hydrogen-bond acceptors (Lipinski definition) is 4. The highest BCUT2D eigenvalue weighted by Gasteiger charge is 2.37. The van der Waals surface area contributed by atoms with E-state index >= 15 is 0 Å². The van der Waals surface area contributed by atoms with E-state index in [0.29, 0.717) is 12.4 Å². The molecule has 0 saturated heterocycles. The average Bonchev–Trinajstić information content (AvgIpc) is 2.49. The molecular formula is C18H24O4. The number of hydrogen-bond donors (Lipinski definition) is 0. The van der Waals surface area contributed by atoms with Crippen molar-refractivity contribution in [3.63, 3.8) is 0 Å². The number of Topliss-reactive ketones (excluding diaryl/α,β-unsaturated/α-hetero) is 1. The lowest BCUT2D eigenvalue weighted by molar-refractivity contribution is -0.145. The van der Waals surface area contributed by atoms with Gasteiger partial charge in [0.1, 0.15) is 5.75 Å². The summed E-state index contributed by atoms with van der Waals surface area (Å²) in [4.78, 5) is 23.8. The zero-order valence-corrected chi connectivity index (χ0v) is 13.8. The first-order valence-corrected chi connectivity index (χ1v) is 7.86. The molecule has 0 saturated carbocycles. The topological polar surface area (TPSA) is 52.6 Å². The molecule has 0 spiro atoms. The number of ether oxygens (including phenoxy) is 2. The van der Waals surface area contributed by atoms with Crippen LogP contribution in [-0.4, -0.2) is 25.0 Å². The van der Waals surface area contributed by atoms with Gasteiger partial charge in [0.2, 0.25) is 0 Å². The molecule has 4 nitrogen and oxygen atoms in total. The van der Waals surface area contributed by atoms with Crippen LogP contribution in [0.4, 0.5) is 0 Å². The van der Waals surface area contributed by atoms with Gasteiger partial charge < -0.3 is 9.47 Å². The maximum Gasteiger partial charge on any atom is 0.344 e. The second kappa shape index (κ2) is 6.51. The Morgan fingerprint density at radius 2 is 2.05 bits per heavy atom. The first-order valence-electron chi connectivity index (χ1n) is 7.86. The van der Waals surface area contributed by atoms with Crippen LogP contribution in [0.25, 0.3) is 0 Å². The molecular weight excluding hydrogens is 280 g/mol. The molecule has 0 aliphatic heterocycles. The van der Waals surface area contributed by atoms with Crippen LogP contribution in [0.3, 0.4) is 0 Å². The largest absolute Gasteiger partial charge is 0.482 e. The Morgan fingerprint density at radius 1 is 1.32 bits per heavy atom. The van der Waals surface area contributed by atoms with E-state index in [0.717, 1.165) is 24.0 Å². The minimum Gasteiger partial charge on any atom is -0.482 e. The van der Waals surface area contributed by atoms with Gasteiger partial charge in [-0.1, -0.05) is 20.8 Å². The molecule has 1 aromatic carbocycles. The fourth-order valence-corrected chi connectivity index (χ4v) is 3.10. The third kappa shape index (κ3) is 3.32. The van der Waals surface area contributed by atoms with Crippen molar-refractivity contribution in [3.8, 4) is 5.75 Å². The van der Waals surface area contributed by atoms with E-state index in [1.54, 1.807) is 13.0 Å². The summed E-state index contributed by atoms with van der Waals surface area (Å²) in [6.07, 6.45) is 1.71. The molecule has 0 fully saturated rings. The maximum atomic E-state index is 12.5. The van der Waals surface area contributed by atoms with E-state index in [9.17, 15) is 9.59 Å². The molecule has 0 aromatic heterocycles. The SMILES string of the molecule is CCOC(=O)COc1ccc2c(c1)C(C)(C)CC(CC)C2=O. The summed E-state index contributed by atoms with van der Waals surface area (Å²) >= 11 is 0. The van der Waals surface area contributed by atoms with Gasteiger partial charge in [0.05, 0.1) is 6.61 Å². The van der Waals surface area contributed by atoms with E-state index in [4.69, 9.17) is 9.47 Å². The Hall–Kier alpha value is -1.84. The number of carbonyl (C=O) groups is 2. The fourth-order valence-electron chi connectivity index (χ4n) is 3.10. The molecule has 1 aliphatic carbocycles. The summed E-state index contributed by atoms with van der Waals surface area (Å²) in [6.45, 7) is 8.34. The first kappa shape index (κ1) is 16.5. The standard InChI is InChI=1S/C18H24O4/c1-5-12-10-18(3,4)15-9-13(7-8-14(15)17(12)20)22-11-16(19)21-6-2/h7-9,12H,5-6,10-11H2,1-4H3. The van der Waals surface area contributed by atoms with Crippen LogP contribution in [0.1, 0.15) is 56.5 Å². The summed E-state index contributed by atoms with van der Waals surface area (Å²) in [5.74, 6) is 0.520. The number of rotatable bonds is 5. The zero-order valence-electron chi connectivity index (χ0n) is 13.8. The van der Waals surface area contributed by atoms with E-state index in [1.807, 2.05) is 12.1 Å². The summed E-state index contributed by atoms with van der Waals surface area (Å²) < 4.78 is 10.3. The van der Waals surface area contributed by atoms with Crippen LogP contribution in [0, 0.1) is 5.92 Å². The molecule has 0 heterocycles. The number of carbonyl (C=O) groups excluding carboxylic acids is 2. The quantitative estimate of drug-likeness (QED) is 0.781. The minimum atomic E-state index is -0.387. The van der Waals surface area contributed by atoms with Gasteiger partial charge in [0, 0.05) is 11.5 Å². The van der Waals surface area contributed by atoms with Crippen LogP contribution in [0.5, 0.6) is 5.75 Å². The molecule has 0 radical (unpaired) electrons. The van der Waals surface area contributed by atoms with Crippen LogP contribution in [0.15, 0.2) is 18.2 Å². The van der Waals surface area contributed by atoms with Gasteiger partial charge in [-0.2, -0.15) is 0 Å². The van der Waals surface area contributed by atoms with Crippen LogP contribution < -0.4 is 4.74 Å². The Balaban J connectivity index is 2.23. The molecule has 2 rings (SSSR count). The van der Waals surface area contributed by atoms with Crippen molar-refractivity contribution in [2.24, 2.45) is 5.92 Å². The van der Waals surface area contributed by atoms with Crippen molar-refractivity contribution in [2.45, 2.75) is 46.0 Å². The number of fused-ring (bicyclic) bond motifs is 1. The van der Waals surface area contributed by atoms with Gasteiger partial charge in [0.25, 0.3) is 0 Å². The van der Waals surface area contributed by atoms with Crippen molar-refractivity contribution in [2.75, 3.05) is 13.2 Å². The minimum absolute atomic E-state index is 0.0762. The molecule has 1 unspecified atom stereocenters. The predicted octanol–water partition coefficient (Wildman–Crippen LogP) is 3.52. The lowest BCUT2D eigenvalue weighted by atomic mass is 9.67. The predicted molar refractivity (Wildman–Crippen MR) is 84.3 cm³/mol. The number of benzene rings is 1. The van der Waals surface area contributed by atoms with Crippen molar-refractivity contribution < 1.29 is 19.1 Å². The van der Waals surface area contributed by atoms with Crippen molar-refractivity contribution in [3.05, 3.63) is 29.3 Å². The smallest absolute Gasteiger partial charge is 0.344 e. The van der Waals surface area contributed by atoms with Gasteiger partial charge in [-0.15, -0.1) is 0 Å². The van der Waals surface area contributed by atoms with Gasteiger partial charge in [-0.3, -0.25) is 4.79 Å². The highest BCUT2D eigenvalue weighted by atomic mass is 16.6. The summed E-state index contributed by atoms with van der Waals surface area (Å²) in [5, 5.41) is 0. The third-order valence-corrected chi connectivity index (χ3v) is 4.27. The molecule has 1 aliphatic rings. The Morgan fingerprint density at radius 3 is 2.68 bits per heavy atom. The summed E-state index contributed by atoms with van der Waals surface area (Å²) in [5.41, 5.74) is 1.71. The summed E-state index contributed by atoms with van der Waals surface area (Å²) in [6, 6.07) is 5.46. The highest BCUT2D eigenvalue weighted by Crippen LogP contribution is 2.41. The van der Waals surface area contributed by atoms with E-state index in [2.05, 4.69) is 20.8 Å². The molecule has 120 valence electrons. The number of ketones is 1. The summed E-state index contributed by atoms with van der Waals surface area (Å²) in [7, 11) is 0. The zero-order chi connectivity index (χ0) is 16.3. The lowest BCUT2D eigenvalue weighted by Gasteiger charge is -2.36. The van der Waals surface area contributed by atoms with Crippen molar-refractivity contribution in [1.82, 2.24) is 0 Å². The van der Waals surface area contributed by atoms with E-state index in [1.165, 1.54) is 0 Å². The van der Waals surface area contributed by atoms with Gasteiger partial charge in [0.15, 0.2) is 12.4 Å². The molecule has 1 aromatic rings. The van der Waals surface area contributed by atoms with E-state index in [-0.39, 0.29) is 29.7 Å². The van der Waals surface area contributed by atoms with Crippen LogP contribution >= 0.6 is 0 Å². The third-order valence-electron chi connectivity index (χ3n) is 4.27. The Kier molecular flexibility index (Phi) is 4.89. The molecule has 1 atom stereocenters. The highest BCUT2D eigenvalue weighted by molar-refractivity contribution is 6.01. The maximum absolute atomic E-state index is 12.5. The van der Waals surface area contributed by atoms with Gasteiger partial charge in [-0.25, -0.2) is 4.79 Å². The van der Waals surface area contributed by atoms with Crippen LogP contribution in [-0.2, 0) is 14.9 Å². The monoisotopic (exact) mass is 304 g/mol. The first-order chi connectivity index (χ1) is 10.4. The molecule has 4 heteroatoms. The second-order valence-electron chi connectivity index (χ2n) is 6.36. The van der Waals surface area contributed by atoms with Gasteiger partial charge in [-0.05, 0) is 48.9 Å². The Labute approximate surface area is 131 Å². The van der Waals surface area contributed by atoms with E-state index < -0.39 is 0 Å². The molecule has 0 bridgehead atoms. The normalized spacial score (nSPS) is 19.5.